The van der Waals surface area contributed by atoms with Crippen molar-refractivity contribution in [3.05, 3.63) is 71.6 Å². The topological polar surface area (TPSA) is 75.3 Å². The first-order valence-corrected chi connectivity index (χ1v) is 11.1. The summed E-state index contributed by atoms with van der Waals surface area (Å²) < 4.78 is 26.0. The lowest BCUT2D eigenvalue weighted by Gasteiger charge is -2.20. The molecular weight excluding hydrogens is 392 g/mol. The largest absolute Gasteiger partial charge is 0.322 e. The van der Waals surface area contributed by atoms with Crippen LogP contribution in [0.3, 0.4) is 0 Å². The first-order valence-electron chi connectivity index (χ1n) is 8.73. The van der Waals surface area contributed by atoms with Crippen LogP contribution in [0.5, 0.6) is 0 Å². The van der Waals surface area contributed by atoms with E-state index in [1.807, 2.05) is 41.8 Å². The number of hydrogen-bond acceptors (Lipinski definition) is 4. The van der Waals surface area contributed by atoms with Gasteiger partial charge in [0.2, 0.25) is 10.0 Å². The standard InChI is InChI=1S/C21H22N2O3S2/c1-21(2,3)28(25,26)23-18-12-8-16(9-13-18)20(24)22-17-10-6-15(7-11-17)19-5-4-14-27-19/h4-14,23H,1-3H3,(H,22,24). The summed E-state index contributed by atoms with van der Waals surface area (Å²) >= 11 is 1.66. The minimum Gasteiger partial charge on any atom is -0.322 e. The molecule has 0 aliphatic rings. The van der Waals surface area contributed by atoms with Crippen LogP contribution < -0.4 is 10.0 Å². The highest BCUT2D eigenvalue weighted by atomic mass is 32.2. The highest BCUT2D eigenvalue weighted by Gasteiger charge is 2.28. The van der Waals surface area contributed by atoms with Gasteiger partial charge >= 0.3 is 0 Å². The number of thiophene rings is 1. The molecule has 7 heteroatoms. The molecule has 0 radical (unpaired) electrons. The molecule has 2 N–H and O–H groups in total. The summed E-state index contributed by atoms with van der Waals surface area (Å²) in [7, 11) is -3.50. The van der Waals surface area contributed by atoms with E-state index in [1.54, 1.807) is 56.4 Å². The molecule has 0 saturated heterocycles. The third kappa shape index (κ3) is 4.61. The Morgan fingerprint density at radius 3 is 2.04 bits per heavy atom. The minimum absolute atomic E-state index is 0.255. The zero-order valence-electron chi connectivity index (χ0n) is 15.9. The summed E-state index contributed by atoms with van der Waals surface area (Å²) in [6, 6.07) is 18.0. The lowest BCUT2D eigenvalue weighted by atomic mass is 10.1. The van der Waals surface area contributed by atoms with Crippen molar-refractivity contribution in [2.24, 2.45) is 0 Å². The van der Waals surface area contributed by atoms with Gasteiger partial charge in [-0.2, -0.15) is 0 Å². The number of carbonyl (C=O) groups is 1. The van der Waals surface area contributed by atoms with Crippen molar-refractivity contribution in [3.63, 3.8) is 0 Å². The number of sulfonamides is 1. The molecular formula is C21H22N2O3S2. The molecule has 1 amide bonds. The number of hydrogen-bond donors (Lipinski definition) is 2. The van der Waals surface area contributed by atoms with Crippen LogP contribution in [-0.4, -0.2) is 19.1 Å². The molecule has 0 fully saturated rings. The molecule has 5 nitrogen and oxygen atoms in total. The van der Waals surface area contributed by atoms with Crippen LogP contribution in [-0.2, 0) is 10.0 Å². The number of carbonyl (C=O) groups excluding carboxylic acids is 1. The molecule has 0 unspecified atom stereocenters. The summed E-state index contributed by atoms with van der Waals surface area (Å²) in [5.74, 6) is -0.255. The van der Waals surface area contributed by atoms with E-state index in [2.05, 4.69) is 10.0 Å². The Kier molecular flexibility index (Phi) is 5.58. The molecule has 3 rings (SSSR count). The summed E-state index contributed by atoms with van der Waals surface area (Å²) in [6.07, 6.45) is 0. The fraction of sp³-hybridized carbons (Fsp3) is 0.190. The van der Waals surface area contributed by atoms with Crippen LogP contribution in [0.25, 0.3) is 10.4 Å². The summed E-state index contributed by atoms with van der Waals surface area (Å²) in [6.45, 7) is 4.88. The molecule has 28 heavy (non-hydrogen) atoms. The highest BCUT2D eigenvalue weighted by Crippen LogP contribution is 2.26. The molecule has 0 bridgehead atoms. The predicted molar refractivity (Wildman–Crippen MR) is 116 cm³/mol. The summed E-state index contributed by atoms with van der Waals surface area (Å²) in [5.41, 5.74) is 2.67. The molecule has 0 aliphatic heterocycles. The van der Waals surface area contributed by atoms with E-state index in [-0.39, 0.29) is 5.91 Å². The van der Waals surface area contributed by atoms with Crippen molar-refractivity contribution >= 4 is 38.6 Å². The first-order chi connectivity index (χ1) is 13.2. The Morgan fingerprint density at radius 2 is 1.50 bits per heavy atom. The second-order valence-electron chi connectivity index (χ2n) is 7.30. The quantitative estimate of drug-likeness (QED) is 0.602. The van der Waals surface area contributed by atoms with Gasteiger partial charge < -0.3 is 5.32 Å². The fourth-order valence-electron chi connectivity index (χ4n) is 2.36. The van der Waals surface area contributed by atoms with E-state index in [0.717, 1.165) is 5.56 Å². The Bertz CT molecular complexity index is 1050. The first kappa shape index (κ1) is 20.1. The van der Waals surface area contributed by atoms with E-state index >= 15 is 0 Å². The SMILES string of the molecule is CC(C)(C)S(=O)(=O)Nc1ccc(C(=O)Nc2ccc(-c3cccs3)cc2)cc1. The molecule has 0 saturated carbocycles. The average molecular weight is 415 g/mol. The number of nitrogens with one attached hydrogen (secondary N) is 2. The van der Waals surface area contributed by atoms with Gasteiger partial charge in [0.05, 0.1) is 4.75 Å². The molecule has 2 aromatic carbocycles. The number of rotatable bonds is 5. The Balaban J connectivity index is 1.66. The van der Waals surface area contributed by atoms with Gasteiger partial charge in [-0.25, -0.2) is 8.42 Å². The van der Waals surface area contributed by atoms with Crippen LogP contribution in [0.15, 0.2) is 66.0 Å². The fourth-order valence-corrected chi connectivity index (χ4v) is 3.85. The van der Waals surface area contributed by atoms with Crippen LogP contribution in [0, 0.1) is 0 Å². The monoisotopic (exact) mass is 414 g/mol. The molecule has 146 valence electrons. The second kappa shape index (κ2) is 7.77. The van der Waals surface area contributed by atoms with Crippen molar-refractivity contribution in [1.82, 2.24) is 0 Å². The van der Waals surface area contributed by atoms with E-state index in [9.17, 15) is 13.2 Å². The van der Waals surface area contributed by atoms with Gasteiger partial charge in [0, 0.05) is 21.8 Å². The molecule has 0 atom stereocenters. The van der Waals surface area contributed by atoms with E-state index in [4.69, 9.17) is 0 Å². The maximum Gasteiger partial charge on any atom is 0.255 e. The lowest BCUT2D eigenvalue weighted by Crippen LogP contribution is -2.33. The molecule has 1 heterocycles. The van der Waals surface area contributed by atoms with Gasteiger partial charge in [0.15, 0.2) is 0 Å². The summed E-state index contributed by atoms with van der Waals surface area (Å²) in [4.78, 5) is 13.6. The number of amides is 1. The van der Waals surface area contributed by atoms with Crippen molar-refractivity contribution in [3.8, 4) is 10.4 Å². The smallest absolute Gasteiger partial charge is 0.255 e. The number of anilines is 2. The Morgan fingerprint density at radius 1 is 0.893 bits per heavy atom. The highest BCUT2D eigenvalue weighted by molar-refractivity contribution is 7.94. The molecule has 0 spiro atoms. The zero-order chi connectivity index (χ0) is 20.4. The Hall–Kier alpha value is -2.64. The normalized spacial score (nSPS) is 11.8. The van der Waals surface area contributed by atoms with Crippen LogP contribution in [0.4, 0.5) is 11.4 Å². The van der Waals surface area contributed by atoms with Crippen molar-refractivity contribution < 1.29 is 13.2 Å². The van der Waals surface area contributed by atoms with E-state index in [0.29, 0.717) is 16.9 Å². The van der Waals surface area contributed by atoms with Crippen molar-refractivity contribution in [2.75, 3.05) is 10.0 Å². The molecule has 1 aromatic heterocycles. The zero-order valence-corrected chi connectivity index (χ0v) is 17.5. The van der Waals surface area contributed by atoms with Gasteiger partial charge in [-0.05, 0) is 74.2 Å². The van der Waals surface area contributed by atoms with Gasteiger partial charge in [-0.15, -0.1) is 11.3 Å². The Labute approximate surface area is 169 Å². The summed E-state index contributed by atoms with van der Waals surface area (Å²) in [5, 5.41) is 4.87. The van der Waals surface area contributed by atoms with Crippen LogP contribution >= 0.6 is 11.3 Å². The van der Waals surface area contributed by atoms with Gasteiger partial charge in [0.1, 0.15) is 0 Å². The second-order valence-corrected chi connectivity index (χ2v) is 10.7. The van der Waals surface area contributed by atoms with Gasteiger partial charge in [-0.1, -0.05) is 18.2 Å². The van der Waals surface area contributed by atoms with E-state index < -0.39 is 14.8 Å². The molecule has 0 aliphatic carbocycles. The van der Waals surface area contributed by atoms with Crippen LogP contribution in [0.1, 0.15) is 31.1 Å². The third-order valence-electron chi connectivity index (χ3n) is 4.15. The van der Waals surface area contributed by atoms with Gasteiger partial charge in [-0.3, -0.25) is 9.52 Å². The average Bonchev–Trinajstić information content (AvgIpc) is 3.16. The van der Waals surface area contributed by atoms with Crippen molar-refractivity contribution in [2.45, 2.75) is 25.5 Å². The minimum atomic E-state index is -3.50. The maximum absolute atomic E-state index is 12.4. The van der Waals surface area contributed by atoms with Crippen molar-refractivity contribution in [1.29, 1.82) is 0 Å². The predicted octanol–water partition coefficient (Wildman–Crippen LogP) is 5.21. The van der Waals surface area contributed by atoms with E-state index in [1.165, 1.54) is 4.88 Å². The van der Waals surface area contributed by atoms with Crippen LogP contribution in [0.2, 0.25) is 0 Å². The maximum atomic E-state index is 12.4. The molecule has 3 aromatic rings. The number of benzene rings is 2. The third-order valence-corrected chi connectivity index (χ3v) is 7.19. The van der Waals surface area contributed by atoms with Gasteiger partial charge in [0.25, 0.3) is 5.91 Å². The lowest BCUT2D eigenvalue weighted by molar-refractivity contribution is 0.102.